The van der Waals surface area contributed by atoms with Gasteiger partial charge in [-0.1, -0.05) is 25.4 Å². The standard InChI is InChI=1S/C14H14ClN3S/c1-8(2)13-12(19-14(17)18-13)6-10-5-11(15)4-3-9(10)7-16/h3-5,8H,6H2,1-2H3,(H2,17,18). The van der Waals surface area contributed by atoms with Crippen molar-refractivity contribution in [3.8, 4) is 6.07 Å². The summed E-state index contributed by atoms with van der Waals surface area (Å²) in [6.07, 6.45) is 0.645. The van der Waals surface area contributed by atoms with Crippen molar-refractivity contribution in [2.75, 3.05) is 5.73 Å². The van der Waals surface area contributed by atoms with E-state index in [1.54, 1.807) is 12.1 Å². The van der Waals surface area contributed by atoms with Crippen molar-refractivity contribution in [3.63, 3.8) is 0 Å². The van der Waals surface area contributed by atoms with Crippen molar-refractivity contribution in [2.24, 2.45) is 0 Å². The van der Waals surface area contributed by atoms with E-state index in [1.807, 2.05) is 6.07 Å². The van der Waals surface area contributed by atoms with Crippen molar-refractivity contribution < 1.29 is 0 Å². The van der Waals surface area contributed by atoms with E-state index in [2.05, 4.69) is 24.9 Å². The van der Waals surface area contributed by atoms with Crippen LogP contribution in [0.4, 0.5) is 5.13 Å². The molecule has 5 heteroatoms. The van der Waals surface area contributed by atoms with Crippen LogP contribution < -0.4 is 5.73 Å². The fraction of sp³-hybridized carbons (Fsp3) is 0.286. The van der Waals surface area contributed by atoms with Crippen LogP contribution in [0.2, 0.25) is 5.02 Å². The summed E-state index contributed by atoms with van der Waals surface area (Å²) in [5, 5.41) is 10.3. The van der Waals surface area contributed by atoms with Gasteiger partial charge < -0.3 is 5.73 Å². The molecule has 0 radical (unpaired) electrons. The molecular weight excluding hydrogens is 278 g/mol. The quantitative estimate of drug-likeness (QED) is 0.931. The Hall–Kier alpha value is -1.57. The molecule has 1 heterocycles. The molecule has 0 aliphatic heterocycles. The van der Waals surface area contributed by atoms with Crippen LogP contribution in [0.15, 0.2) is 18.2 Å². The number of anilines is 1. The summed E-state index contributed by atoms with van der Waals surface area (Å²) < 4.78 is 0. The van der Waals surface area contributed by atoms with Gasteiger partial charge in [0.1, 0.15) is 0 Å². The van der Waals surface area contributed by atoms with Gasteiger partial charge in [-0.15, -0.1) is 11.3 Å². The fourth-order valence-corrected chi connectivity index (χ4v) is 3.16. The van der Waals surface area contributed by atoms with Gasteiger partial charge in [0.15, 0.2) is 5.13 Å². The highest BCUT2D eigenvalue weighted by molar-refractivity contribution is 7.15. The summed E-state index contributed by atoms with van der Waals surface area (Å²) >= 11 is 7.48. The Morgan fingerprint density at radius 2 is 2.21 bits per heavy atom. The summed E-state index contributed by atoms with van der Waals surface area (Å²) in [7, 11) is 0. The molecule has 0 saturated heterocycles. The van der Waals surface area contributed by atoms with Crippen LogP contribution in [0.1, 0.15) is 41.5 Å². The molecule has 0 saturated carbocycles. The Kier molecular flexibility index (Phi) is 4.08. The van der Waals surface area contributed by atoms with E-state index >= 15 is 0 Å². The number of thiazole rings is 1. The third kappa shape index (κ3) is 3.06. The summed E-state index contributed by atoms with van der Waals surface area (Å²) in [4.78, 5) is 5.47. The van der Waals surface area contributed by atoms with Gasteiger partial charge in [0, 0.05) is 16.3 Å². The Labute approximate surface area is 121 Å². The van der Waals surface area contributed by atoms with Crippen molar-refractivity contribution >= 4 is 28.1 Å². The second-order valence-corrected chi connectivity index (χ2v) is 6.16. The highest BCUT2D eigenvalue weighted by atomic mass is 35.5. The van der Waals surface area contributed by atoms with Crippen LogP contribution in [0, 0.1) is 11.3 Å². The van der Waals surface area contributed by atoms with Crippen LogP contribution in [0.3, 0.4) is 0 Å². The molecule has 1 aromatic carbocycles. The number of hydrogen-bond acceptors (Lipinski definition) is 4. The molecule has 19 heavy (non-hydrogen) atoms. The molecule has 3 nitrogen and oxygen atoms in total. The molecule has 0 atom stereocenters. The van der Waals surface area contributed by atoms with Crippen LogP contribution >= 0.6 is 22.9 Å². The predicted octanol–water partition coefficient (Wildman–Crippen LogP) is 3.96. The number of nitrogen functional groups attached to an aromatic ring is 1. The van der Waals surface area contributed by atoms with Gasteiger partial charge in [0.2, 0.25) is 0 Å². The monoisotopic (exact) mass is 291 g/mol. The number of nitrogens with two attached hydrogens (primary N) is 1. The number of aromatic nitrogens is 1. The maximum atomic E-state index is 9.14. The minimum absolute atomic E-state index is 0.313. The Morgan fingerprint density at radius 1 is 1.47 bits per heavy atom. The lowest BCUT2D eigenvalue weighted by Gasteiger charge is -2.07. The van der Waals surface area contributed by atoms with E-state index in [0.717, 1.165) is 16.1 Å². The first kappa shape index (κ1) is 13.9. The third-order valence-electron chi connectivity index (χ3n) is 2.83. The average molecular weight is 292 g/mol. The topological polar surface area (TPSA) is 62.7 Å². The van der Waals surface area contributed by atoms with Gasteiger partial charge in [0.25, 0.3) is 0 Å². The van der Waals surface area contributed by atoms with Gasteiger partial charge in [-0.25, -0.2) is 4.98 Å². The minimum Gasteiger partial charge on any atom is -0.375 e. The molecule has 1 aromatic heterocycles. The van der Waals surface area contributed by atoms with Gasteiger partial charge in [0.05, 0.1) is 17.3 Å². The van der Waals surface area contributed by atoms with Gasteiger partial charge in [-0.2, -0.15) is 5.26 Å². The molecule has 0 amide bonds. The first-order chi connectivity index (χ1) is 9.01. The lowest BCUT2D eigenvalue weighted by Crippen LogP contribution is -1.97. The predicted molar refractivity (Wildman–Crippen MR) is 79.6 cm³/mol. The molecule has 0 unspecified atom stereocenters. The van der Waals surface area contributed by atoms with Crippen LogP contribution in [0.5, 0.6) is 0 Å². The van der Waals surface area contributed by atoms with Gasteiger partial charge in [-0.3, -0.25) is 0 Å². The molecule has 98 valence electrons. The van der Waals surface area contributed by atoms with E-state index in [0.29, 0.717) is 28.1 Å². The van der Waals surface area contributed by atoms with Crippen LogP contribution in [0.25, 0.3) is 0 Å². The number of nitriles is 1. The molecule has 0 fully saturated rings. The largest absolute Gasteiger partial charge is 0.375 e. The van der Waals surface area contributed by atoms with E-state index in [4.69, 9.17) is 22.6 Å². The zero-order chi connectivity index (χ0) is 14.0. The maximum absolute atomic E-state index is 9.14. The van der Waals surface area contributed by atoms with Crippen molar-refractivity contribution in [3.05, 3.63) is 44.9 Å². The normalized spacial score (nSPS) is 10.7. The van der Waals surface area contributed by atoms with Crippen molar-refractivity contribution in [1.82, 2.24) is 4.98 Å². The molecule has 0 spiro atoms. The van der Waals surface area contributed by atoms with Crippen molar-refractivity contribution in [1.29, 1.82) is 5.26 Å². The molecule has 0 aliphatic rings. The molecule has 2 N–H and O–H groups in total. The lowest BCUT2D eigenvalue weighted by atomic mass is 10.0. The highest BCUT2D eigenvalue weighted by Gasteiger charge is 2.15. The summed E-state index contributed by atoms with van der Waals surface area (Å²) in [5.41, 5.74) is 8.36. The second kappa shape index (κ2) is 5.60. The van der Waals surface area contributed by atoms with E-state index in [9.17, 15) is 0 Å². The van der Waals surface area contributed by atoms with Crippen molar-refractivity contribution in [2.45, 2.75) is 26.2 Å². The summed E-state index contributed by atoms with van der Waals surface area (Å²) in [6.45, 7) is 4.17. The first-order valence-corrected chi connectivity index (χ1v) is 7.14. The molecular formula is C14H14ClN3S. The maximum Gasteiger partial charge on any atom is 0.180 e. The number of benzene rings is 1. The van der Waals surface area contributed by atoms with E-state index in [-0.39, 0.29) is 0 Å². The number of rotatable bonds is 3. The zero-order valence-corrected chi connectivity index (χ0v) is 12.3. The van der Waals surface area contributed by atoms with Crippen LogP contribution in [-0.4, -0.2) is 4.98 Å². The smallest absolute Gasteiger partial charge is 0.180 e. The average Bonchev–Trinajstić information content (AvgIpc) is 2.71. The molecule has 0 aliphatic carbocycles. The SMILES string of the molecule is CC(C)c1nc(N)sc1Cc1cc(Cl)ccc1C#N. The van der Waals surface area contributed by atoms with Gasteiger partial charge >= 0.3 is 0 Å². The number of hydrogen-bond donors (Lipinski definition) is 1. The minimum atomic E-state index is 0.313. The Bertz CT molecular complexity index is 641. The zero-order valence-electron chi connectivity index (χ0n) is 10.8. The summed E-state index contributed by atoms with van der Waals surface area (Å²) in [5.74, 6) is 0.313. The fourth-order valence-electron chi connectivity index (χ4n) is 1.95. The molecule has 0 bridgehead atoms. The van der Waals surface area contributed by atoms with Crippen LogP contribution in [-0.2, 0) is 6.42 Å². The Morgan fingerprint density at radius 3 is 2.84 bits per heavy atom. The number of halogens is 1. The third-order valence-corrected chi connectivity index (χ3v) is 3.97. The molecule has 2 aromatic rings. The second-order valence-electron chi connectivity index (χ2n) is 4.61. The van der Waals surface area contributed by atoms with Gasteiger partial charge in [-0.05, 0) is 29.7 Å². The first-order valence-electron chi connectivity index (χ1n) is 5.95. The number of nitrogens with zero attached hydrogens (tertiary/aromatic N) is 2. The summed E-state index contributed by atoms with van der Waals surface area (Å²) in [6, 6.07) is 7.50. The Balaban J connectivity index is 2.42. The van der Waals surface area contributed by atoms with E-state index < -0.39 is 0 Å². The van der Waals surface area contributed by atoms with E-state index in [1.165, 1.54) is 11.3 Å². The highest BCUT2D eigenvalue weighted by Crippen LogP contribution is 2.30. The lowest BCUT2D eigenvalue weighted by molar-refractivity contribution is 0.820. The molecule has 2 rings (SSSR count).